The third-order valence-electron chi connectivity index (χ3n) is 5.75. The molecule has 2 aromatic carbocycles. The van der Waals surface area contributed by atoms with E-state index >= 15 is 0 Å². The van der Waals surface area contributed by atoms with Gasteiger partial charge in [-0.1, -0.05) is 30.3 Å². The Hall–Kier alpha value is -2.33. The van der Waals surface area contributed by atoms with Gasteiger partial charge in [0.1, 0.15) is 0 Å². The minimum atomic E-state index is 0.184. The molecule has 2 aliphatic rings. The number of rotatable bonds is 5. The molecule has 2 aromatic rings. The third kappa shape index (κ3) is 4.51. The Kier molecular flexibility index (Phi) is 5.73. The summed E-state index contributed by atoms with van der Waals surface area (Å²) in [5.41, 5.74) is 3.36. The fourth-order valence-corrected chi connectivity index (χ4v) is 4.11. The average Bonchev–Trinajstić information content (AvgIpc) is 3.22. The predicted octanol–water partition coefficient (Wildman–Crippen LogP) is 3.68. The first-order valence-corrected chi connectivity index (χ1v) is 10.2. The van der Waals surface area contributed by atoms with Crippen LogP contribution in [0.2, 0.25) is 0 Å². The number of carbonyl (C=O) groups excluding carboxylic acids is 1. The van der Waals surface area contributed by atoms with Crippen molar-refractivity contribution in [3.8, 4) is 0 Å². The van der Waals surface area contributed by atoms with Crippen LogP contribution in [-0.2, 0) is 6.54 Å². The summed E-state index contributed by atoms with van der Waals surface area (Å²) >= 11 is 0. The lowest BCUT2D eigenvalue weighted by Crippen LogP contribution is -2.35. The quantitative estimate of drug-likeness (QED) is 0.880. The number of para-hydroxylation sites is 1. The number of nitrogens with one attached hydrogen (secondary N) is 1. The zero-order valence-electron chi connectivity index (χ0n) is 15.9. The van der Waals surface area contributed by atoms with Crippen LogP contribution >= 0.6 is 0 Å². The molecule has 0 aliphatic carbocycles. The van der Waals surface area contributed by atoms with Crippen LogP contribution in [0.4, 0.5) is 5.69 Å². The van der Waals surface area contributed by atoms with Gasteiger partial charge in [0.2, 0.25) is 0 Å². The van der Waals surface area contributed by atoms with Crippen LogP contribution in [0.1, 0.15) is 41.6 Å². The molecule has 0 bridgehead atoms. The normalized spacial score (nSPS) is 20.1. The average molecular weight is 364 g/mol. The summed E-state index contributed by atoms with van der Waals surface area (Å²) in [6.45, 7) is 4.81. The van der Waals surface area contributed by atoms with Crippen LogP contribution in [0, 0.1) is 0 Å². The van der Waals surface area contributed by atoms with Gasteiger partial charge in [-0.2, -0.15) is 0 Å². The molecule has 1 amide bonds. The molecule has 1 atom stereocenters. The lowest BCUT2D eigenvalue weighted by Gasteiger charge is -2.26. The number of hydrogen-bond donors (Lipinski definition) is 1. The van der Waals surface area contributed by atoms with Crippen molar-refractivity contribution in [1.82, 2.24) is 10.2 Å². The first-order valence-electron chi connectivity index (χ1n) is 10.2. The molecule has 1 unspecified atom stereocenters. The molecule has 4 rings (SSSR count). The lowest BCUT2D eigenvalue weighted by molar-refractivity contribution is 0.0724. The van der Waals surface area contributed by atoms with Crippen LogP contribution in [0.25, 0.3) is 0 Å². The van der Waals surface area contributed by atoms with Crippen molar-refractivity contribution in [3.63, 3.8) is 0 Å². The van der Waals surface area contributed by atoms with E-state index in [0.29, 0.717) is 6.04 Å². The lowest BCUT2D eigenvalue weighted by atomic mass is 10.1. The van der Waals surface area contributed by atoms with Gasteiger partial charge in [0.25, 0.3) is 5.91 Å². The molecule has 2 aliphatic heterocycles. The minimum Gasteiger partial charge on any atom is -0.370 e. The molecule has 27 heavy (non-hydrogen) atoms. The summed E-state index contributed by atoms with van der Waals surface area (Å²) in [4.78, 5) is 17.0. The molecule has 0 saturated carbocycles. The van der Waals surface area contributed by atoms with Crippen LogP contribution in [-0.4, -0.2) is 43.0 Å². The highest BCUT2D eigenvalue weighted by Crippen LogP contribution is 2.20. The predicted molar refractivity (Wildman–Crippen MR) is 110 cm³/mol. The van der Waals surface area contributed by atoms with Crippen LogP contribution in [0.15, 0.2) is 54.6 Å². The Morgan fingerprint density at radius 2 is 1.67 bits per heavy atom. The Bertz CT molecular complexity index is 738. The highest BCUT2D eigenvalue weighted by Gasteiger charge is 2.22. The molecule has 2 saturated heterocycles. The van der Waals surface area contributed by atoms with E-state index in [1.54, 1.807) is 0 Å². The largest absolute Gasteiger partial charge is 0.370 e. The highest BCUT2D eigenvalue weighted by molar-refractivity contribution is 5.94. The molecule has 1 N–H and O–H groups in total. The summed E-state index contributed by atoms with van der Waals surface area (Å²) in [5.74, 6) is 0.184. The topological polar surface area (TPSA) is 35.6 Å². The van der Waals surface area contributed by atoms with Crippen molar-refractivity contribution in [3.05, 3.63) is 65.7 Å². The summed E-state index contributed by atoms with van der Waals surface area (Å²) < 4.78 is 0. The fourth-order valence-electron chi connectivity index (χ4n) is 4.11. The fraction of sp³-hybridized carbons (Fsp3) is 0.435. The second-order valence-electron chi connectivity index (χ2n) is 7.70. The number of benzene rings is 2. The number of hydrogen-bond acceptors (Lipinski definition) is 3. The second-order valence-corrected chi connectivity index (χ2v) is 7.70. The van der Waals surface area contributed by atoms with Crippen molar-refractivity contribution < 1.29 is 4.79 Å². The van der Waals surface area contributed by atoms with Crippen LogP contribution in [0.3, 0.4) is 0 Å². The molecular weight excluding hydrogens is 334 g/mol. The van der Waals surface area contributed by atoms with E-state index < -0.39 is 0 Å². The number of anilines is 1. The molecule has 142 valence electrons. The van der Waals surface area contributed by atoms with Crippen molar-refractivity contribution in [2.75, 3.05) is 31.1 Å². The number of piperidine rings is 1. The third-order valence-corrected chi connectivity index (χ3v) is 5.75. The molecule has 0 spiro atoms. The smallest absolute Gasteiger partial charge is 0.253 e. The van der Waals surface area contributed by atoms with Gasteiger partial charge >= 0.3 is 0 Å². The molecule has 4 nitrogen and oxygen atoms in total. The van der Waals surface area contributed by atoms with Crippen molar-refractivity contribution >= 4 is 11.6 Å². The van der Waals surface area contributed by atoms with Crippen LogP contribution in [0.5, 0.6) is 0 Å². The van der Waals surface area contributed by atoms with E-state index in [-0.39, 0.29) is 5.91 Å². The first-order chi connectivity index (χ1) is 13.3. The van der Waals surface area contributed by atoms with E-state index in [0.717, 1.165) is 51.1 Å². The maximum atomic E-state index is 12.6. The summed E-state index contributed by atoms with van der Waals surface area (Å²) in [5, 5.41) is 3.67. The van der Waals surface area contributed by atoms with Gasteiger partial charge in [-0.05, 0) is 55.5 Å². The van der Waals surface area contributed by atoms with Gasteiger partial charge < -0.3 is 15.1 Å². The van der Waals surface area contributed by atoms with E-state index in [1.165, 1.54) is 24.1 Å². The highest BCUT2D eigenvalue weighted by atomic mass is 16.2. The number of carbonyl (C=O) groups is 1. The molecule has 0 radical (unpaired) electrons. The SMILES string of the molecule is O=C(c1ccc(CNC2CCN(c3ccccc3)C2)cc1)N1CCCCC1. The minimum absolute atomic E-state index is 0.184. The number of amides is 1. The van der Waals surface area contributed by atoms with E-state index in [1.807, 2.05) is 17.0 Å². The Labute approximate surface area is 162 Å². The molecular formula is C23H29N3O. The van der Waals surface area contributed by atoms with Crippen molar-refractivity contribution in [1.29, 1.82) is 0 Å². The van der Waals surface area contributed by atoms with E-state index in [4.69, 9.17) is 0 Å². The second kappa shape index (κ2) is 8.57. The van der Waals surface area contributed by atoms with E-state index in [2.05, 4.69) is 52.7 Å². The zero-order chi connectivity index (χ0) is 18.5. The Morgan fingerprint density at radius 3 is 2.41 bits per heavy atom. The maximum Gasteiger partial charge on any atom is 0.253 e. The van der Waals surface area contributed by atoms with Crippen molar-refractivity contribution in [2.45, 2.75) is 38.3 Å². The summed E-state index contributed by atoms with van der Waals surface area (Å²) in [6, 6.07) is 19.3. The van der Waals surface area contributed by atoms with Gasteiger partial charge in [-0.15, -0.1) is 0 Å². The van der Waals surface area contributed by atoms with Gasteiger partial charge in [0.05, 0.1) is 0 Å². The Balaban J connectivity index is 1.27. The van der Waals surface area contributed by atoms with E-state index in [9.17, 15) is 4.79 Å². The maximum absolute atomic E-state index is 12.6. The molecule has 0 aromatic heterocycles. The number of likely N-dealkylation sites (tertiary alicyclic amines) is 1. The molecule has 2 heterocycles. The zero-order valence-corrected chi connectivity index (χ0v) is 15.9. The summed E-state index contributed by atoms with van der Waals surface area (Å²) in [7, 11) is 0. The standard InChI is InChI=1S/C23H29N3O/c27-23(25-14-5-2-6-15-25)20-11-9-19(10-12-20)17-24-21-13-16-26(18-21)22-7-3-1-4-8-22/h1,3-4,7-12,21,24H,2,5-6,13-18H2. The van der Waals surface area contributed by atoms with Crippen molar-refractivity contribution in [2.24, 2.45) is 0 Å². The number of nitrogens with zero attached hydrogens (tertiary/aromatic N) is 2. The van der Waals surface area contributed by atoms with Gasteiger partial charge in [0, 0.05) is 50.0 Å². The monoisotopic (exact) mass is 363 g/mol. The molecule has 4 heteroatoms. The molecule has 2 fully saturated rings. The van der Waals surface area contributed by atoms with Crippen LogP contribution < -0.4 is 10.2 Å². The Morgan fingerprint density at radius 1 is 0.926 bits per heavy atom. The van der Waals surface area contributed by atoms with Gasteiger partial charge in [0.15, 0.2) is 0 Å². The van der Waals surface area contributed by atoms with Gasteiger partial charge in [-0.25, -0.2) is 0 Å². The van der Waals surface area contributed by atoms with Gasteiger partial charge in [-0.3, -0.25) is 4.79 Å². The summed E-state index contributed by atoms with van der Waals surface area (Å²) in [6.07, 6.45) is 4.68. The first kappa shape index (κ1) is 18.1.